The van der Waals surface area contributed by atoms with Crippen molar-refractivity contribution < 1.29 is 12.8 Å². The Hall–Kier alpha value is -1.54. The van der Waals surface area contributed by atoms with E-state index in [0.29, 0.717) is 26.1 Å². The van der Waals surface area contributed by atoms with Gasteiger partial charge in [-0.3, -0.25) is 4.99 Å². The number of hydrogen-bond donors (Lipinski definition) is 2. The summed E-state index contributed by atoms with van der Waals surface area (Å²) in [6, 6.07) is 2.25. The van der Waals surface area contributed by atoms with Crippen LogP contribution in [0.2, 0.25) is 0 Å². The molecule has 0 aliphatic carbocycles. The maximum absolute atomic E-state index is 12.1. The lowest BCUT2D eigenvalue weighted by Gasteiger charge is -2.32. The summed E-state index contributed by atoms with van der Waals surface area (Å²) in [6.45, 7) is 7.56. The van der Waals surface area contributed by atoms with Crippen LogP contribution >= 0.6 is 0 Å². The first kappa shape index (κ1) is 19.8. The number of piperidine rings is 1. The Morgan fingerprint density at radius 2 is 2.04 bits per heavy atom. The molecule has 2 N–H and O–H groups in total. The second-order valence-corrected chi connectivity index (χ2v) is 8.59. The average Bonchev–Trinajstić information content (AvgIpc) is 2.89. The SMILES string of the molecule is CCCS(=O)(=O)N1CCC(NC(=NC)NCc2cc(C)oc2C)CC1. The normalized spacial score (nSPS) is 17.7. The number of aliphatic imine (C=N–C) groups is 1. The highest BCUT2D eigenvalue weighted by molar-refractivity contribution is 7.89. The molecule has 7 nitrogen and oxygen atoms in total. The minimum Gasteiger partial charge on any atom is -0.466 e. The van der Waals surface area contributed by atoms with E-state index in [1.807, 2.05) is 26.8 Å². The molecule has 8 heteroatoms. The molecule has 0 atom stereocenters. The lowest BCUT2D eigenvalue weighted by molar-refractivity contribution is 0.306. The number of guanidine groups is 1. The smallest absolute Gasteiger partial charge is 0.214 e. The quantitative estimate of drug-likeness (QED) is 0.589. The number of nitrogens with one attached hydrogen (secondary N) is 2. The molecule has 1 saturated heterocycles. The standard InChI is InChI=1S/C17H30N4O3S/c1-5-10-25(22,23)21-8-6-16(7-9-21)20-17(18-4)19-12-15-11-13(2)24-14(15)3/h11,16H,5-10,12H2,1-4H3,(H2,18,19,20). The Labute approximate surface area is 150 Å². The van der Waals surface area contributed by atoms with Gasteiger partial charge < -0.3 is 15.1 Å². The lowest BCUT2D eigenvalue weighted by Crippen LogP contribution is -2.49. The molecular formula is C17H30N4O3S. The van der Waals surface area contributed by atoms with E-state index < -0.39 is 10.0 Å². The fourth-order valence-electron chi connectivity index (χ4n) is 3.09. The zero-order valence-electron chi connectivity index (χ0n) is 15.6. The van der Waals surface area contributed by atoms with Crippen LogP contribution in [0.5, 0.6) is 0 Å². The molecule has 0 bridgehead atoms. The van der Waals surface area contributed by atoms with Crippen LogP contribution in [0, 0.1) is 13.8 Å². The molecular weight excluding hydrogens is 340 g/mol. The van der Waals surface area contributed by atoms with E-state index >= 15 is 0 Å². The first-order chi connectivity index (χ1) is 11.9. The molecule has 1 aromatic heterocycles. The number of hydrogen-bond acceptors (Lipinski definition) is 4. The van der Waals surface area contributed by atoms with E-state index in [1.54, 1.807) is 11.4 Å². The van der Waals surface area contributed by atoms with Crippen molar-refractivity contribution in [2.75, 3.05) is 25.9 Å². The summed E-state index contributed by atoms with van der Waals surface area (Å²) >= 11 is 0. The topological polar surface area (TPSA) is 86.9 Å². The Morgan fingerprint density at radius 3 is 2.56 bits per heavy atom. The van der Waals surface area contributed by atoms with Gasteiger partial charge in [0.2, 0.25) is 10.0 Å². The second kappa shape index (κ2) is 8.71. The molecule has 1 aliphatic heterocycles. The summed E-state index contributed by atoms with van der Waals surface area (Å²) in [4.78, 5) is 4.26. The molecule has 1 aliphatic rings. The van der Waals surface area contributed by atoms with Gasteiger partial charge in [0.1, 0.15) is 11.5 Å². The zero-order chi connectivity index (χ0) is 18.4. The van der Waals surface area contributed by atoms with Crippen molar-refractivity contribution in [2.24, 2.45) is 4.99 Å². The summed E-state index contributed by atoms with van der Waals surface area (Å²) in [5, 5.41) is 6.69. The van der Waals surface area contributed by atoms with Crippen LogP contribution in [0.3, 0.4) is 0 Å². The van der Waals surface area contributed by atoms with Crippen molar-refractivity contribution in [3.05, 3.63) is 23.2 Å². The Morgan fingerprint density at radius 1 is 1.36 bits per heavy atom. The molecule has 25 heavy (non-hydrogen) atoms. The van der Waals surface area contributed by atoms with E-state index in [1.165, 1.54) is 0 Å². The van der Waals surface area contributed by atoms with Gasteiger partial charge in [0.25, 0.3) is 0 Å². The van der Waals surface area contributed by atoms with Gasteiger partial charge in [-0.1, -0.05) is 6.92 Å². The molecule has 0 unspecified atom stereocenters. The minimum atomic E-state index is -3.09. The second-order valence-electron chi connectivity index (χ2n) is 6.50. The van der Waals surface area contributed by atoms with Crippen LogP contribution in [0.25, 0.3) is 0 Å². The molecule has 0 amide bonds. The Bertz CT molecular complexity index is 689. The van der Waals surface area contributed by atoms with Crippen molar-refractivity contribution in [1.82, 2.24) is 14.9 Å². The van der Waals surface area contributed by atoms with Gasteiger partial charge in [-0.15, -0.1) is 0 Å². The Kier molecular flexibility index (Phi) is 6.89. The monoisotopic (exact) mass is 370 g/mol. The lowest BCUT2D eigenvalue weighted by atomic mass is 10.1. The highest BCUT2D eigenvalue weighted by Crippen LogP contribution is 2.16. The molecule has 142 valence electrons. The maximum atomic E-state index is 12.1. The van der Waals surface area contributed by atoms with Crippen molar-refractivity contribution in [2.45, 2.75) is 52.6 Å². The average molecular weight is 371 g/mol. The van der Waals surface area contributed by atoms with Crippen molar-refractivity contribution in [3.8, 4) is 0 Å². The molecule has 0 saturated carbocycles. The summed E-state index contributed by atoms with van der Waals surface area (Å²) in [5.41, 5.74) is 1.11. The summed E-state index contributed by atoms with van der Waals surface area (Å²) in [6.07, 6.45) is 2.23. The van der Waals surface area contributed by atoms with Crippen LogP contribution in [0.1, 0.15) is 43.3 Å². The van der Waals surface area contributed by atoms with Gasteiger partial charge >= 0.3 is 0 Å². The Balaban J connectivity index is 1.82. The molecule has 0 aromatic carbocycles. The van der Waals surface area contributed by atoms with Crippen LogP contribution < -0.4 is 10.6 Å². The first-order valence-corrected chi connectivity index (χ1v) is 10.5. The van der Waals surface area contributed by atoms with E-state index in [4.69, 9.17) is 4.42 Å². The predicted octanol–water partition coefficient (Wildman–Crippen LogP) is 1.77. The van der Waals surface area contributed by atoms with Gasteiger partial charge in [-0.2, -0.15) is 0 Å². The maximum Gasteiger partial charge on any atom is 0.214 e. The van der Waals surface area contributed by atoms with Crippen LogP contribution in [0.4, 0.5) is 0 Å². The summed E-state index contributed by atoms with van der Waals surface area (Å²) in [5.74, 6) is 2.78. The van der Waals surface area contributed by atoms with E-state index in [9.17, 15) is 8.42 Å². The third-order valence-electron chi connectivity index (χ3n) is 4.46. The highest BCUT2D eigenvalue weighted by atomic mass is 32.2. The molecule has 1 fully saturated rings. The van der Waals surface area contributed by atoms with Crippen molar-refractivity contribution in [1.29, 1.82) is 0 Å². The number of furan rings is 1. The third kappa shape index (κ3) is 5.47. The zero-order valence-corrected chi connectivity index (χ0v) is 16.4. The number of aryl methyl sites for hydroxylation is 2. The van der Waals surface area contributed by atoms with Gasteiger partial charge in [0.05, 0.1) is 5.75 Å². The van der Waals surface area contributed by atoms with E-state index in [2.05, 4.69) is 15.6 Å². The van der Waals surface area contributed by atoms with Crippen LogP contribution in [0.15, 0.2) is 15.5 Å². The van der Waals surface area contributed by atoms with Crippen LogP contribution in [-0.2, 0) is 16.6 Å². The number of rotatable bonds is 6. The molecule has 1 aromatic rings. The largest absolute Gasteiger partial charge is 0.466 e. The van der Waals surface area contributed by atoms with Gasteiger partial charge in [0, 0.05) is 38.3 Å². The fraction of sp³-hybridized carbons (Fsp3) is 0.706. The molecule has 0 spiro atoms. The van der Waals surface area contributed by atoms with Gasteiger partial charge in [-0.05, 0) is 39.2 Å². The van der Waals surface area contributed by atoms with E-state index in [-0.39, 0.29) is 11.8 Å². The van der Waals surface area contributed by atoms with Crippen molar-refractivity contribution >= 4 is 16.0 Å². The van der Waals surface area contributed by atoms with Crippen LogP contribution in [-0.4, -0.2) is 50.6 Å². The summed E-state index contributed by atoms with van der Waals surface area (Å²) in [7, 11) is -1.35. The third-order valence-corrected chi connectivity index (χ3v) is 6.54. The van der Waals surface area contributed by atoms with Gasteiger partial charge in [-0.25, -0.2) is 12.7 Å². The van der Waals surface area contributed by atoms with Gasteiger partial charge in [0.15, 0.2) is 5.96 Å². The fourth-order valence-corrected chi connectivity index (χ4v) is 4.63. The summed E-state index contributed by atoms with van der Waals surface area (Å²) < 4.78 is 31.4. The molecule has 2 rings (SSSR count). The van der Waals surface area contributed by atoms with E-state index in [0.717, 1.165) is 35.9 Å². The molecule has 0 radical (unpaired) electrons. The first-order valence-electron chi connectivity index (χ1n) is 8.86. The molecule has 2 heterocycles. The van der Waals surface area contributed by atoms with Crippen molar-refractivity contribution in [3.63, 3.8) is 0 Å². The number of nitrogens with zero attached hydrogens (tertiary/aromatic N) is 2. The predicted molar refractivity (Wildman–Crippen MR) is 100 cm³/mol. The minimum absolute atomic E-state index is 0.228. The highest BCUT2D eigenvalue weighted by Gasteiger charge is 2.27. The number of sulfonamides is 1.